The maximum atomic E-state index is 12.0. The molecule has 0 saturated heterocycles. The van der Waals surface area contributed by atoms with Gasteiger partial charge < -0.3 is 5.11 Å². The van der Waals surface area contributed by atoms with Crippen LogP contribution < -0.4 is 4.72 Å². The van der Waals surface area contributed by atoms with Crippen molar-refractivity contribution >= 4 is 21.6 Å². The Hall–Kier alpha value is -0.620. The molecule has 1 rings (SSSR count). The van der Waals surface area contributed by atoms with Crippen LogP contribution in [0.15, 0.2) is 23.1 Å². The minimum atomic E-state index is -3.64. The molecule has 4 nitrogen and oxygen atoms in total. The minimum Gasteiger partial charge on any atom is -0.389 e. The van der Waals surface area contributed by atoms with Crippen molar-refractivity contribution in [2.24, 2.45) is 0 Å². The normalized spacial score (nSPS) is 12.8. The number of hydrogen-bond donors (Lipinski definition) is 2. The van der Waals surface area contributed by atoms with Gasteiger partial charge in [-0.05, 0) is 38.5 Å². The van der Waals surface area contributed by atoms with Crippen LogP contribution in [0.4, 0.5) is 0 Å². The molecular weight excluding hydrogens is 262 g/mol. The molecule has 0 radical (unpaired) electrons. The van der Waals surface area contributed by atoms with Gasteiger partial charge in [-0.15, -0.1) is 0 Å². The number of benzene rings is 1. The predicted molar refractivity (Wildman–Crippen MR) is 67.7 cm³/mol. The molecule has 6 heteroatoms. The minimum absolute atomic E-state index is 0.0543. The van der Waals surface area contributed by atoms with E-state index in [9.17, 15) is 13.5 Å². The third-order valence-corrected chi connectivity index (χ3v) is 3.91. The summed E-state index contributed by atoms with van der Waals surface area (Å²) in [6, 6.07) is 4.66. The van der Waals surface area contributed by atoms with Gasteiger partial charge in [0.2, 0.25) is 10.0 Å². The second kappa shape index (κ2) is 4.94. The van der Waals surface area contributed by atoms with Crippen molar-refractivity contribution in [1.82, 2.24) is 4.72 Å². The monoisotopic (exact) mass is 277 g/mol. The lowest BCUT2D eigenvalue weighted by Crippen LogP contribution is -2.38. The van der Waals surface area contributed by atoms with Crippen LogP contribution in [-0.2, 0) is 10.0 Å². The van der Waals surface area contributed by atoms with E-state index in [0.717, 1.165) is 0 Å². The highest BCUT2D eigenvalue weighted by atomic mass is 35.5. The summed E-state index contributed by atoms with van der Waals surface area (Å²) in [5.74, 6) is 0. The van der Waals surface area contributed by atoms with Gasteiger partial charge in [0, 0.05) is 11.6 Å². The number of aliphatic hydroxyl groups is 1. The molecule has 0 aromatic heterocycles. The first-order valence-corrected chi connectivity index (χ1v) is 6.96. The van der Waals surface area contributed by atoms with Crippen molar-refractivity contribution in [2.75, 3.05) is 6.54 Å². The van der Waals surface area contributed by atoms with Gasteiger partial charge in [0.05, 0.1) is 10.5 Å². The Kier molecular flexibility index (Phi) is 4.19. The molecule has 17 heavy (non-hydrogen) atoms. The van der Waals surface area contributed by atoms with Crippen molar-refractivity contribution in [1.29, 1.82) is 0 Å². The summed E-state index contributed by atoms with van der Waals surface area (Å²) in [6.45, 7) is 4.69. The van der Waals surface area contributed by atoms with E-state index in [1.807, 2.05) is 0 Å². The van der Waals surface area contributed by atoms with Gasteiger partial charge in [-0.2, -0.15) is 0 Å². The van der Waals surface area contributed by atoms with Gasteiger partial charge >= 0.3 is 0 Å². The molecule has 0 unspecified atom stereocenters. The van der Waals surface area contributed by atoms with Crippen molar-refractivity contribution in [3.05, 3.63) is 28.8 Å². The number of halogens is 1. The van der Waals surface area contributed by atoms with Crippen molar-refractivity contribution in [3.8, 4) is 0 Å². The van der Waals surface area contributed by atoms with Crippen LogP contribution in [0.2, 0.25) is 5.02 Å². The number of sulfonamides is 1. The Morgan fingerprint density at radius 2 is 2.00 bits per heavy atom. The third kappa shape index (κ3) is 4.27. The summed E-state index contributed by atoms with van der Waals surface area (Å²) in [6.07, 6.45) is 0. The van der Waals surface area contributed by atoms with E-state index in [1.165, 1.54) is 19.9 Å². The topological polar surface area (TPSA) is 66.4 Å². The Balaban J connectivity index is 3.02. The van der Waals surface area contributed by atoms with Gasteiger partial charge in [-0.3, -0.25) is 0 Å². The number of hydrogen-bond acceptors (Lipinski definition) is 3. The highest BCUT2D eigenvalue weighted by molar-refractivity contribution is 7.89. The fraction of sp³-hybridized carbons (Fsp3) is 0.455. The van der Waals surface area contributed by atoms with Crippen molar-refractivity contribution < 1.29 is 13.5 Å². The van der Waals surface area contributed by atoms with Crippen LogP contribution in [0.5, 0.6) is 0 Å². The van der Waals surface area contributed by atoms with Gasteiger partial charge in [0.25, 0.3) is 0 Å². The predicted octanol–water partition coefficient (Wildman–Crippen LogP) is 1.70. The van der Waals surface area contributed by atoms with E-state index in [4.69, 9.17) is 11.6 Å². The Labute approximate surface area is 107 Å². The van der Waals surface area contributed by atoms with E-state index < -0.39 is 15.6 Å². The van der Waals surface area contributed by atoms with Gasteiger partial charge in [0.15, 0.2) is 0 Å². The summed E-state index contributed by atoms with van der Waals surface area (Å²) in [5, 5.41) is 9.86. The lowest BCUT2D eigenvalue weighted by atomic mass is 10.1. The van der Waals surface area contributed by atoms with Crippen LogP contribution in [0.3, 0.4) is 0 Å². The van der Waals surface area contributed by atoms with Gasteiger partial charge in [0.1, 0.15) is 0 Å². The molecule has 1 aromatic rings. The molecule has 0 heterocycles. The quantitative estimate of drug-likeness (QED) is 0.880. The zero-order valence-corrected chi connectivity index (χ0v) is 11.6. The zero-order chi connectivity index (χ0) is 13.3. The van der Waals surface area contributed by atoms with Crippen molar-refractivity contribution in [2.45, 2.75) is 31.3 Å². The molecule has 96 valence electrons. The smallest absolute Gasteiger partial charge is 0.240 e. The highest BCUT2D eigenvalue weighted by Gasteiger charge is 2.21. The third-order valence-electron chi connectivity index (χ3n) is 2.13. The molecule has 0 bridgehead atoms. The highest BCUT2D eigenvalue weighted by Crippen LogP contribution is 2.20. The van der Waals surface area contributed by atoms with Crippen LogP contribution in [-0.4, -0.2) is 25.7 Å². The standard InChI is InChI=1S/C11H16ClNO3S/c1-8-4-5-9(12)6-10(8)17(15,16)13-7-11(2,3)14/h4-6,13-14H,7H2,1-3H3. The first kappa shape index (κ1) is 14.4. The fourth-order valence-corrected chi connectivity index (χ4v) is 2.92. The lowest BCUT2D eigenvalue weighted by molar-refractivity contribution is 0.0857. The van der Waals surface area contributed by atoms with Crippen molar-refractivity contribution in [3.63, 3.8) is 0 Å². The summed E-state index contributed by atoms with van der Waals surface area (Å²) < 4.78 is 26.3. The molecule has 0 atom stereocenters. The second-order valence-corrected chi connectivity index (χ2v) is 6.72. The molecule has 0 amide bonds. The lowest BCUT2D eigenvalue weighted by Gasteiger charge is -2.18. The summed E-state index contributed by atoms with van der Waals surface area (Å²) >= 11 is 5.77. The van der Waals surface area contributed by atoms with Crippen LogP contribution >= 0.6 is 11.6 Å². The van der Waals surface area contributed by atoms with E-state index in [2.05, 4.69) is 4.72 Å². The first-order valence-electron chi connectivity index (χ1n) is 5.10. The fourth-order valence-electron chi connectivity index (χ4n) is 1.21. The number of rotatable bonds is 4. The summed E-state index contributed by atoms with van der Waals surface area (Å²) in [4.78, 5) is 0.134. The average molecular weight is 278 g/mol. The average Bonchev–Trinajstić information content (AvgIpc) is 2.18. The second-order valence-electron chi connectivity index (χ2n) is 4.55. The molecule has 1 aromatic carbocycles. The van der Waals surface area contributed by atoms with E-state index in [0.29, 0.717) is 10.6 Å². The van der Waals surface area contributed by atoms with Crippen LogP contribution in [0, 0.1) is 6.92 Å². The van der Waals surface area contributed by atoms with Gasteiger partial charge in [-0.1, -0.05) is 17.7 Å². The maximum Gasteiger partial charge on any atom is 0.240 e. The Bertz CT molecular complexity index is 506. The largest absolute Gasteiger partial charge is 0.389 e. The SMILES string of the molecule is Cc1ccc(Cl)cc1S(=O)(=O)NCC(C)(C)O. The van der Waals surface area contributed by atoms with Gasteiger partial charge in [-0.25, -0.2) is 13.1 Å². The van der Waals surface area contributed by atoms with E-state index in [-0.39, 0.29) is 11.4 Å². The summed E-state index contributed by atoms with van der Waals surface area (Å²) in [7, 11) is -3.64. The molecule has 0 aliphatic carbocycles. The zero-order valence-electron chi connectivity index (χ0n) is 9.99. The molecule has 0 saturated carbocycles. The molecular formula is C11H16ClNO3S. The molecule has 0 aliphatic heterocycles. The maximum absolute atomic E-state index is 12.0. The molecule has 0 spiro atoms. The Morgan fingerprint density at radius 3 is 2.53 bits per heavy atom. The molecule has 0 aliphatic rings. The van der Waals surface area contributed by atoms with Crippen LogP contribution in [0.25, 0.3) is 0 Å². The van der Waals surface area contributed by atoms with Crippen LogP contribution in [0.1, 0.15) is 19.4 Å². The first-order chi connectivity index (χ1) is 7.62. The molecule has 2 N–H and O–H groups in total. The van der Waals surface area contributed by atoms with E-state index in [1.54, 1.807) is 19.1 Å². The number of aryl methyl sites for hydroxylation is 1. The molecule has 0 fully saturated rings. The van der Waals surface area contributed by atoms with E-state index >= 15 is 0 Å². The summed E-state index contributed by atoms with van der Waals surface area (Å²) in [5.41, 5.74) is -0.489. The number of nitrogens with one attached hydrogen (secondary N) is 1. The Morgan fingerprint density at radius 1 is 1.41 bits per heavy atom.